The van der Waals surface area contributed by atoms with Gasteiger partial charge in [-0.2, -0.15) is 0 Å². The van der Waals surface area contributed by atoms with Crippen LogP contribution in [0.1, 0.15) is 13.8 Å². The zero-order valence-electron chi connectivity index (χ0n) is 7.91. The molecule has 0 saturated carbocycles. The lowest BCUT2D eigenvalue weighted by Gasteiger charge is -2.16. The Morgan fingerprint density at radius 2 is 1.58 bits per heavy atom. The van der Waals surface area contributed by atoms with Crippen molar-refractivity contribution >= 4 is 7.85 Å². The monoisotopic (exact) mass is 172 g/mol. The van der Waals surface area contributed by atoms with Crippen LogP contribution in [-0.4, -0.2) is 46.9 Å². The average molecular weight is 172 g/mol. The molecule has 0 bridgehead atoms. The van der Waals surface area contributed by atoms with Gasteiger partial charge < -0.3 is 14.2 Å². The third-order valence-electron chi connectivity index (χ3n) is 1.35. The molecular weight excluding hydrogens is 155 g/mol. The van der Waals surface area contributed by atoms with Crippen LogP contribution in [0.15, 0.2) is 0 Å². The van der Waals surface area contributed by atoms with Crippen LogP contribution in [-0.2, 0) is 14.2 Å². The highest BCUT2D eigenvalue weighted by atomic mass is 16.6. The second-order valence-electron chi connectivity index (χ2n) is 2.27. The van der Waals surface area contributed by atoms with Crippen molar-refractivity contribution in [1.29, 1.82) is 0 Å². The summed E-state index contributed by atoms with van der Waals surface area (Å²) in [5, 5.41) is 0. The summed E-state index contributed by atoms with van der Waals surface area (Å²) in [5.74, 6) is 0. The van der Waals surface area contributed by atoms with Crippen LogP contribution in [0.4, 0.5) is 0 Å². The van der Waals surface area contributed by atoms with Crippen molar-refractivity contribution < 1.29 is 14.2 Å². The highest BCUT2D eigenvalue weighted by Crippen LogP contribution is 1.94. The Bertz CT molecular complexity index is 82.4. The highest BCUT2D eigenvalue weighted by molar-refractivity contribution is 6.08. The van der Waals surface area contributed by atoms with E-state index in [0.29, 0.717) is 26.4 Å². The summed E-state index contributed by atoms with van der Waals surface area (Å²) in [5.41, 5.74) is 0. The summed E-state index contributed by atoms with van der Waals surface area (Å²) >= 11 is 0. The van der Waals surface area contributed by atoms with E-state index in [0.717, 1.165) is 0 Å². The van der Waals surface area contributed by atoms with Crippen molar-refractivity contribution in [2.75, 3.05) is 32.9 Å². The van der Waals surface area contributed by atoms with Gasteiger partial charge in [0.1, 0.15) is 14.0 Å². The third kappa shape index (κ3) is 6.64. The minimum atomic E-state index is -0.0325. The molecule has 12 heavy (non-hydrogen) atoms. The molecule has 0 rings (SSSR count). The van der Waals surface area contributed by atoms with Gasteiger partial charge in [0.05, 0.1) is 13.2 Å². The highest BCUT2D eigenvalue weighted by Gasteiger charge is 2.07. The molecule has 0 amide bonds. The Hall–Kier alpha value is -0.0551. The molecular formula is C8H17BO3. The molecule has 2 radical (unpaired) electrons. The first-order valence-corrected chi connectivity index (χ1v) is 4.32. The van der Waals surface area contributed by atoms with Gasteiger partial charge in [0, 0.05) is 19.7 Å². The van der Waals surface area contributed by atoms with Gasteiger partial charge >= 0.3 is 0 Å². The molecule has 0 saturated heterocycles. The number of hydrogen-bond acceptors (Lipinski definition) is 3. The lowest BCUT2D eigenvalue weighted by atomic mass is 10.2. The van der Waals surface area contributed by atoms with Crippen molar-refractivity contribution in [3.8, 4) is 0 Å². The van der Waals surface area contributed by atoms with Gasteiger partial charge in [0.2, 0.25) is 0 Å². The van der Waals surface area contributed by atoms with E-state index >= 15 is 0 Å². The Morgan fingerprint density at radius 3 is 1.92 bits per heavy atom. The fourth-order valence-electron chi connectivity index (χ4n) is 0.779. The lowest BCUT2D eigenvalue weighted by Crippen LogP contribution is -2.26. The van der Waals surface area contributed by atoms with Crippen LogP contribution in [0.2, 0.25) is 0 Å². The van der Waals surface area contributed by atoms with Gasteiger partial charge in [0.25, 0.3) is 0 Å². The predicted octanol–water partition coefficient (Wildman–Crippen LogP) is 0.571. The molecule has 0 atom stereocenters. The molecule has 0 unspecified atom stereocenters. The van der Waals surface area contributed by atoms with E-state index in [2.05, 4.69) is 0 Å². The average Bonchev–Trinajstić information content (AvgIpc) is 2.10. The van der Waals surface area contributed by atoms with E-state index < -0.39 is 0 Å². The molecule has 0 N–H and O–H groups in total. The molecule has 0 aromatic carbocycles. The summed E-state index contributed by atoms with van der Waals surface area (Å²) in [7, 11) is 5.24. The van der Waals surface area contributed by atoms with E-state index in [1.807, 2.05) is 13.8 Å². The van der Waals surface area contributed by atoms with Gasteiger partial charge in [-0.05, 0) is 13.8 Å². The smallest absolute Gasteiger partial charge is 0.104 e. The minimum Gasteiger partial charge on any atom is -0.383 e. The molecule has 70 valence electrons. The van der Waals surface area contributed by atoms with Crippen molar-refractivity contribution in [3.05, 3.63) is 0 Å². The topological polar surface area (TPSA) is 27.7 Å². The molecule has 0 spiro atoms. The summed E-state index contributed by atoms with van der Waals surface area (Å²) in [6, 6.07) is 0. The number of ether oxygens (including phenoxy) is 3. The van der Waals surface area contributed by atoms with E-state index in [4.69, 9.17) is 22.1 Å². The Morgan fingerprint density at radius 1 is 1.08 bits per heavy atom. The van der Waals surface area contributed by atoms with E-state index in [1.54, 1.807) is 0 Å². The first-order valence-electron chi connectivity index (χ1n) is 4.32. The molecule has 4 heteroatoms. The van der Waals surface area contributed by atoms with Gasteiger partial charge in [-0.25, -0.2) is 0 Å². The van der Waals surface area contributed by atoms with Crippen LogP contribution in [0.3, 0.4) is 0 Å². The molecule has 3 nitrogen and oxygen atoms in total. The number of hydrogen-bond donors (Lipinski definition) is 0. The minimum absolute atomic E-state index is 0.0325. The molecule has 0 aliphatic heterocycles. The lowest BCUT2D eigenvalue weighted by molar-refractivity contribution is -0.0426. The summed E-state index contributed by atoms with van der Waals surface area (Å²) in [6.45, 7) is 6.58. The second-order valence-corrected chi connectivity index (χ2v) is 2.27. The fourth-order valence-corrected chi connectivity index (χ4v) is 0.779. The number of rotatable bonds is 8. The quantitative estimate of drug-likeness (QED) is 0.501. The molecule has 0 aliphatic carbocycles. The van der Waals surface area contributed by atoms with Gasteiger partial charge in [-0.3, -0.25) is 0 Å². The van der Waals surface area contributed by atoms with Gasteiger partial charge in [-0.15, -0.1) is 0 Å². The second kappa shape index (κ2) is 9.04. The van der Waals surface area contributed by atoms with E-state index in [-0.39, 0.29) is 12.6 Å². The predicted molar refractivity (Wildman–Crippen MR) is 48.5 cm³/mol. The zero-order valence-corrected chi connectivity index (χ0v) is 7.91. The maximum Gasteiger partial charge on any atom is 0.104 e. The van der Waals surface area contributed by atoms with Gasteiger partial charge in [-0.1, -0.05) is 0 Å². The summed E-state index contributed by atoms with van der Waals surface area (Å²) in [4.78, 5) is 0. The van der Waals surface area contributed by atoms with Crippen LogP contribution >= 0.6 is 0 Å². The van der Waals surface area contributed by atoms with Gasteiger partial charge in [0.15, 0.2) is 0 Å². The molecule has 0 aromatic heterocycles. The Kier molecular flexibility index (Phi) is 8.99. The Balaban J connectivity index is 3.40. The first-order chi connectivity index (χ1) is 5.85. The molecule has 0 aromatic rings. The fraction of sp³-hybridized carbons (Fsp3) is 1.00. The Labute approximate surface area is 75.8 Å². The van der Waals surface area contributed by atoms with Crippen LogP contribution in [0.5, 0.6) is 0 Å². The standard InChI is InChI=1S/C8H17BO3/c1-3-10-5-8(12-7-9)6-11-4-2/h8H,3-7H2,1-2H3. The molecule has 0 heterocycles. The molecule has 0 aliphatic rings. The largest absolute Gasteiger partial charge is 0.383 e. The van der Waals surface area contributed by atoms with Crippen molar-refractivity contribution in [3.63, 3.8) is 0 Å². The SMILES string of the molecule is [B]COC(COCC)COCC. The van der Waals surface area contributed by atoms with Crippen LogP contribution in [0.25, 0.3) is 0 Å². The van der Waals surface area contributed by atoms with Crippen LogP contribution in [0, 0.1) is 0 Å². The third-order valence-corrected chi connectivity index (χ3v) is 1.35. The van der Waals surface area contributed by atoms with E-state index in [1.165, 1.54) is 0 Å². The van der Waals surface area contributed by atoms with Crippen molar-refractivity contribution in [2.45, 2.75) is 20.0 Å². The summed E-state index contributed by atoms with van der Waals surface area (Å²) in [6.07, 6.45) is -0.0325. The molecule has 0 fully saturated rings. The van der Waals surface area contributed by atoms with E-state index in [9.17, 15) is 0 Å². The summed E-state index contributed by atoms with van der Waals surface area (Å²) < 4.78 is 15.5. The maximum absolute atomic E-state index is 5.24. The zero-order chi connectivity index (χ0) is 9.23. The van der Waals surface area contributed by atoms with Crippen molar-refractivity contribution in [2.24, 2.45) is 0 Å². The normalized spacial score (nSPS) is 10.9. The first kappa shape index (κ1) is 11.9. The maximum atomic E-state index is 5.24. The van der Waals surface area contributed by atoms with Crippen LogP contribution < -0.4 is 0 Å². The van der Waals surface area contributed by atoms with Crippen molar-refractivity contribution in [1.82, 2.24) is 0 Å².